The second-order valence-electron chi connectivity index (χ2n) is 4.07. The Balaban J connectivity index is 2.43. The fraction of sp³-hybridized carbons (Fsp3) is 0. The van der Waals surface area contributed by atoms with Crippen molar-refractivity contribution in [2.24, 2.45) is 0 Å². The van der Waals surface area contributed by atoms with E-state index in [-0.39, 0.29) is 5.56 Å². The molecule has 0 saturated carbocycles. The van der Waals surface area contributed by atoms with Crippen molar-refractivity contribution in [3.05, 3.63) is 65.7 Å². The molecule has 6 heteroatoms. The van der Waals surface area contributed by atoms with E-state index in [4.69, 9.17) is 33.2 Å². The van der Waals surface area contributed by atoms with Gasteiger partial charge in [0.25, 0.3) is 0 Å². The highest BCUT2D eigenvalue weighted by molar-refractivity contribution is 7.69. The van der Waals surface area contributed by atoms with Crippen molar-refractivity contribution in [2.75, 3.05) is 0 Å². The van der Waals surface area contributed by atoms with Crippen LogP contribution in [0.15, 0.2) is 54.6 Å². The normalized spacial score (nSPS) is 11.2. The van der Waals surface area contributed by atoms with Crippen LogP contribution in [0.2, 0.25) is 0 Å². The maximum atomic E-state index is 12.3. The third-order valence-electron chi connectivity index (χ3n) is 2.72. The van der Waals surface area contributed by atoms with Gasteiger partial charge in [0.05, 0.1) is 0 Å². The third kappa shape index (κ3) is 3.30. The van der Waals surface area contributed by atoms with Crippen molar-refractivity contribution in [3.8, 4) is 0 Å². The number of hydrogen-bond acceptors (Lipinski definition) is 2. The quantitative estimate of drug-likeness (QED) is 0.368. The van der Waals surface area contributed by atoms with Crippen LogP contribution in [-0.4, -0.2) is 17.6 Å². The number of halogens is 3. The number of rotatable bonds is 4. The molecule has 2 rings (SSSR count). The Morgan fingerprint density at radius 3 is 1.90 bits per heavy atom. The van der Waals surface area contributed by atoms with E-state index in [9.17, 15) is 9.59 Å². The van der Waals surface area contributed by atoms with Gasteiger partial charge >= 0.3 is 6.00 Å². The molecule has 102 valence electrons. The van der Waals surface area contributed by atoms with Gasteiger partial charge < -0.3 is 0 Å². The molecular formula is C14H9Cl3O2Si. The summed E-state index contributed by atoms with van der Waals surface area (Å²) < 4.78 is 0. The number of Topliss-reactive ketones (excluding diaryl/α,β-unsaturated/α-hetero) is 2. The monoisotopic (exact) mass is 342 g/mol. The van der Waals surface area contributed by atoms with Crippen molar-refractivity contribution >= 4 is 56.0 Å². The van der Waals surface area contributed by atoms with Crippen LogP contribution in [0, 0.1) is 0 Å². The van der Waals surface area contributed by atoms with Gasteiger partial charge in [-0.05, 0) is 5.19 Å². The average Bonchev–Trinajstić information content (AvgIpc) is 2.46. The number of ketones is 2. The Morgan fingerprint density at radius 2 is 1.30 bits per heavy atom. The van der Waals surface area contributed by atoms with Crippen LogP contribution in [0.5, 0.6) is 0 Å². The zero-order chi connectivity index (χ0) is 14.8. The maximum Gasteiger partial charge on any atom is 0.373 e. The second kappa shape index (κ2) is 6.10. The SMILES string of the molecule is O=C(C(=O)c1ccccc1[Si](Cl)(Cl)Cl)c1ccccc1. The van der Waals surface area contributed by atoms with Crippen molar-refractivity contribution in [3.63, 3.8) is 0 Å². The molecule has 0 radical (unpaired) electrons. The summed E-state index contributed by atoms with van der Waals surface area (Å²) in [5, 5.41) is 0.333. The van der Waals surface area contributed by atoms with Crippen molar-refractivity contribution in [1.82, 2.24) is 0 Å². The van der Waals surface area contributed by atoms with Crippen molar-refractivity contribution in [2.45, 2.75) is 0 Å². The first-order chi connectivity index (χ1) is 9.41. The molecule has 0 aromatic heterocycles. The number of hydrogen-bond donors (Lipinski definition) is 0. The fourth-order valence-corrected chi connectivity index (χ4v) is 4.04. The van der Waals surface area contributed by atoms with Crippen LogP contribution < -0.4 is 5.19 Å². The molecule has 20 heavy (non-hydrogen) atoms. The van der Waals surface area contributed by atoms with E-state index in [1.807, 2.05) is 0 Å². The summed E-state index contributed by atoms with van der Waals surface area (Å²) >= 11 is 17.9. The molecule has 0 bridgehead atoms. The van der Waals surface area contributed by atoms with Gasteiger partial charge in [0.1, 0.15) is 0 Å². The zero-order valence-corrected chi connectivity index (χ0v) is 13.4. The maximum absolute atomic E-state index is 12.3. The summed E-state index contributed by atoms with van der Waals surface area (Å²) in [4.78, 5) is 24.5. The summed E-state index contributed by atoms with van der Waals surface area (Å²) in [7, 11) is 0. The second-order valence-corrected chi connectivity index (χ2v) is 12.4. The van der Waals surface area contributed by atoms with Crippen molar-refractivity contribution in [1.29, 1.82) is 0 Å². The molecule has 2 nitrogen and oxygen atoms in total. The minimum Gasteiger partial charge on any atom is -0.285 e. The Bertz CT molecular complexity index is 651. The molecule has 0 heterocycles. The van der Waals surface area contributed by atoms with E-state index in [2.05, 4.69) is 0 Å². The van der Waals surface area contributed by atoms with Gasteiger partial charge in [-0.2, -0.15) is 0 Å². The molecule has 2 aromatic rings. The molecule has 0 N–H and O–H groups in total. The minimum absolute atomic E-state index is 0.160. The van der Waals surface area contributed by atoms with Crippen LogP contribution >= 0.6 is 33.2 Å². The fourth-order valence-electron chi connectivity index (χ4n) is 1.77. The highest BCUT2D eigenvalue weighted by Crippen LogP contribution is 2.22. The smallest absolute Gasteiger partial charge is 0.285 e. The Kier molecular flexibility index (Phi) is 4.65. The summed E-state index contributed by atoms with van der Waals surface area (Å²) in [6.45, 7) is 0. The lowest BCUT2D eigenvalue weighted by atomic mass is 10.0. The highest BCUT2D eigenvalue weighted by Gasteiger charge is 2.34. The molecule has 0 aliphatic carbocycles. The topological polar surface area (TPSA) is 34.1 Å². The molecule has 0 atom stereocenters. The first-order valence-corrected chi connectivity index (χ1v) is 10.7. The van der Waals surface area contributed by atoms with Gasteiger partial charge in [-0.25, -0.2) is 0 Å². The zero-order valence-electron chi connectivity index (χ0n) is 10.1. The molecule has 0 amide bonds. The first-order valence-electron chi connectivity index (χ1n) is 5.71. The molecular weight excluding hydrogens is 335 g/mol. The predicted molar refractivity (Wildman–Crippen MR) is 84.5 cm³/mol. The van der Waals surface area contributed by atoms with Gasteiger partial charge in [-0.1, -0.05) is 54.6 Å². The molecule has 0 unspecified atom stereocenters. The minimum atomic E-state index is -3.24. The van der Waals surface area contributed by atoms with Crippen LogP contribution in [0.4, 0.5) is 0 Å². The summed E-state index contributed by atoms with van der Waals surface area (Å²) in [6, 6.07) is 11.5. The standard InChI is InChI=1S/C14H9Cl3O2Si/c15-20(16,17)12-9-5-4-8-11(12)14(19)13(18)10-6-2-1-3-7-10/h1-9H. The Hall–Kier alpha value is -1.13. The van der Waals surface area contributed by atoms with Crippen LogP contribution in [0.3, 0.4) is 0 Å². The first kappa shape index (κ1) is 15.3. The lowest BCUT2D eigenvalue weighted by Crippen LogP contribution is -2.36. The van der Waals surface area contributed by atoms with E-state index in [1.54, 1.807) is 48.5 Å². The average molecular weight is 344 g/mol. The molecule has 0 saturated heterocycles. The van der Waals surface area contributed by atoms with E-state index >= 15 is 0 Å². The van der Waals surface area contributed by atoms with Gasteiger partial charge in [0, 0.05) is 11.1 Å². The van der Waals surface area contributed by atoms with E-state index in [1.165, 1.54) is 6.07 Å². The lowest BCUT2D eigenvalue weighted by Gasteiger charge is -2.12. The van der Waals surface area contributed by atoms with E-state index in [0.29, 0.717) is 10.8 Å². The molecule has 0 aliphatic rings. The van der Waals surface area contributed by atoms with Gasteiger partial charge in [0.2, 0.25) is 11.6 Å². The van der Waals surface area contributed by atoms with Crippen LogP contribution in [-0.2, 0) is 0 Å². The van der Waals surface area contributed by atoms with Crippen molar-refractivity contribution < 1.29 is 9.59 Å². The Morgan fingerprint density at radius 1 is 0.750 bits per heavy atom. The number of carbonyl (C=O) groups is 2. The Labute approximate surface area is 131 Å². The summed E-state index contributed by atoms with van der Waals surface area (Å²) in [5.74, 6) is -1.27. The van der Waals surface area contributed by atoms with Crippen LogP contribution in [0.25, 0.3) is 0 Å². The molecule has 0 aliphatic heterocycles. The highest BCUT2D eigenvalue weighted by atomic mass is 35.8. The van der Waals surface area contributed by atoms with Gasteiger partial charge in [-0.15, -0.1) is 33.2 Å². The van der Waals surface area contributed by atoms with E-state index < -0.39 is 17.6 Å². The lowest BCUT2D eigenvalue weighted by molar-refractivity contribution is 0.0817. The predicted octanol–water partition coefficient (Wildman–Crippen LogP) is 3.61. The molecule has 0 fully saturated rings. The van der Waals surface area contributed by atoms with Gasteiger partial charge in [-0.3, -0.25) is 9.59 Å². The summed E-state index contributed by atoms with van der Waals surface area (Å²) in [5.41, 5.74) is 0.478. The number of carbonyl (C=O) groups excluding carboxylic acids is 2. The molecule has 0 spiro atoms. The van der Waals surface area contributed by atoms with Crippen LogP contribution in [0.1, 0.15) is 20.7 Å². The van der Waals surface area contributed by atoms with Gasteiger partial charge in [0.15, 0.2) is 0 Å². The summed E-state index contributed by atoms with van der Waals surface area (Å²) in [6.07, 6.45) is 0. The third-order valence-corrected chi connectivity index (χ3v) is 5.60. The number of benzene rings is 2. The molecule has 2 aromatic carbocycles. The van der Waals surface area contributed by atoms with E-state index in [0.717, 1.165) is 0 Å². The largest absolute Gasteiger partial charge is 0.373 e.